The summed E-state index contributed by atoms with van der Waals surface area (Å²) in [6.07, 6.45) is 7.61. The summed E-state index contributed by atoms with van der Waals surface area (Å²) in [7, 11) is 0. The molecule has 0 aromatic carbocycles. The van der Waals surface area contributed by atoms with Crippen LogP contribution >= 0.6 is 0 Å². The first kappa shape index (κ1) is 12.2. The van der Waals surface area contributed by atoms with Gasteiger partial charge >= 0.3 is 0 Å². The van der Waals surface area contributed by atoms with Gasteiger partial charge in [-0.3, -0.25) is 4.90 Å². The van der Waals surface area contributed by atoms with Crippen LogP contribution in [-0.4, -0.2) is 34.6 Å². The third kappa shape index (κ3) is 2.78. The molecule has 3 rings (SSSR count). The first-order valence-electron chi connectivity index (χ1n) is 7.48. The lowest BCUT2D eigenvalue weighted by Gasteiger charge is -2.16. The highest BCUT2D eigenvalue weighted by atomic mass is 15.2. The Morgan fingerprint density at radius 2 is 2.22 bits per heavy atom. The fraction of sp³-hybridized carbons (Fsp3) is 0.733. The SMILES string of the molecule is CCCn1cccc1CNC1CCN(C2CC2)C1. The number of nitrogens with one attached hydrogen (secondary N) is 1. The molecule has 0 amide bonds. The van der Waals surface area contributed by atoms with Gasteiger partial charge in [0, 0.05) is 50.2 Å². The number of rotatable bonds is 6. The second-order valence-corrected chi connectivity index (χ2v) is 5.79. The van der Waals surface area contributed by atoms with Crippen molar-refractivity contribution in [1.82, 2.24) is 14.8 Å². The molecule has 3 nitrogen and oxygen atoms in total. The third-order valence-electron chi connectivity index (χ3n) is 4.24. The molecule has 1 aromatic rings. The van der Waals surface area contributed by atoms with E-state index in [-0.39, 0.29) is 0 Å². The van der Waals surface area contributed by atoms with Crippen LogP contribution in [0.15, 0.2) is 18.3 Å². The summed E-state index contributed by atoms with van der Waals surface area (Å²) in [6, 6.07) is 6.05. The molecule has 2 aliphatic rings. The molecule has 1 unspecified atom stereocenters. The standard InChI is InChI=1S/C15H25N3/c1-2-8-17-9-3-4-15(17)11-16-13-7-10-18(12-13)14-5-6-14/h3-4,9,13-14,16H,2,5-8,10-12H2,1H3. The van der Waals surface area contributed by atoms with Crippen LogP contribution < -0.4 is 5.32 Å². The first-order valence-corrected chi connectivity index (χ1v) is 7.48. The quantitative estimate of drug-likeness (QED) is 0.832. The molecule has 1 aliphatic carbocycles. The van der Waals surface area contributed by atoms with Crippen molar-refractivity contribution in [3.8, 4) is 0 Å². The zero-order valence-corrected chi connectivity index (χ0v) is 11.4. The first-order chi connectivity index (χ1) is 8.86. The Labute approximate surface area is 110 Å². The van der Waals surface area contributed by atoms with Crippen LogP contribution in [0.3, 0.4) is 0 Å². The van der Waals surface area contributed by atoms with Crippen molar-refractivity contribution in [2.75, 3.05) is 13.1 Å². The molecule has 100 valence electrons. The molecule has 3 heteroatoms. The summed E-state index contributed by atoms with van der Waals surface area (Å²) < 4.78 is 2.38. The van der Waals surface area contributed by atoms with Crippen molar-refractivity contribution in [2.24, 2.45) is 0 Å². The molecule has 2 fully saturated rings. The minimum atomic E-state index is 0.704. The lowest BCUT2D eigenvalue weighted by molar-refractivity contribution is 0.317. The van der Waals surface area contributed by atoms with Gasteiger partial charge in [-0.25, -0.2) is 0 Å². The lowest BCUT2D eigenvalue weighted by Crippen LogP contribution is -2.33. The number of likely N-dealkylation sites (tertiary alicyclic amines) is 1. The lowest BCUT2D eigenvalue weighted by atomic mass is 10.2. The number of aromatic nitrogens is 1. The second-order valence-electron chi connectivity index (χ2n) is 5.79. The highest BCUT2D eigenvalue weighted by molar-refractivity contribution is 5.07. The van der Waals surface area contributed by atoms with Crippen LogP contribution in [0, 0.1) is 0 Å². The van der Waals surface area contributed by atoms with E-state index in [0.717, 1.165) is 19.1 Å². The second kappa shape index (κ2) is 5.45. The van der Waals surface area contributed by atoms with Crippen LogP contribution in [0.4, 0.5) is 0 Å². The van der Waals surface area contributed by atoms with E-state index < -0.39 is 0 Å². The van der Waals surface area contributed by atoms with E-state index in [2.05, 4.69) is 40.0 Å². The molecule has 18 heavy (non-hydrogen) atoms. The normalized spacial score (nSPS) is 24.8. The molecule has 0 spiro atoms. The minimum Gasteiger partial charge on any atom is -0.350 e. The number of aryl methyl sites for hydroxylation is 1. The fourth-order valence-electron chi connectivity index (χ4n) is 3.04. The van der Waals surface area contributed by atoms with E-state index in [1.807, 2.05) is 0 Å². The van der Waals surface area contributed by atoms with Crippen LogP contribution in [-0.2, 0) is 13.1 Å². The van der Waals surface area contributed by atoms with E-state index >= 15 is 0 Å². The van der Waals surface area contributed by atoms with Gasteiger partial charge in [0.25, 0.3) is 0 Å². The molecule has 1 aromatic heterocycles. The van der Waals surface area contributed by atoms with Crippen molar-refractivity contribution in [3.63, 3.8) is 0 Å². The highest BCUT2D eigenvalue weighted by Crippen LogP contribution is 2.29. The maximum atomic E-state index is 3.73. The molecule has 1 aliphatic heterocycles. The topological polar surface area (TPSA) is 20.2 Å². The monoisotopic (exact) mass is 247 g/mol. The Kier molecular flexibility index (Phi) is 3.71. The van der Waals surface area contributed by atoms with E-state index in [1.54, 1.807) is 0 Å². The van der Waals surface area contributed by atoms with Crippen LogP contribution in [0.5, 0.6) is 0 Å². The van der Waals surface area contributed by atoms with Crippen molar-refractivity contribution in [2.45, 2.75) is 57.8 Å². The van der Waals surface area contributed by atoms with Gasteiger partial charge in [-0.05, 0) is 37.8 Å². The largest absolute Gasteiger partial charge is 0.350 e. The molecule has 2 heterocycles. The summed E-state index contributed by atoms with van der Waals surface area (Å²) in [5.74, 6) is 0. The minimum absolute atomic E-state index is 0.704. The number of nitrogens with zero attached hydrogens (tertiary/aromatic N) is 2. The molecule has 1 saturated heterocycles. The Morgan fingerprint density at radius 1 is 1.33 bits per heavy atom. The van der Waals surface area contributed by atoms with E-state index in [1.165, 1.54) is 44.5 Å². The Bertz CT molecular complexity index is 381. The predicted octanol–water partition coefficient (Wildman–Crippen LogP) is 2.22. The summed E-state index contributed by atoms with van der Waals surface area (Å²) in [4.78, 5) is 2.67. The fourth-order valence-corrected chi connectivity index (χ4v) is 3.04. The van der Waals surface area contributed by atoms with Gasteiger partial charge < -0.3 is 9.88 Å². The average molecular weight is 247 g/mol. The average Bonchev–Trinajstić information content (AvgIpc) is 2.96. The summed E-state index contributed by atoms with van der Waals surface area (Å²) >= 11 is 0. The van der Waals surface area contributed by atoms with E-state index in [4.69, 9.17) is 0 Å². The van der Waals surface area contributed by atoms with Crippen LogP contribution in [0.2, 0.25) is 0 Å². The maximum Gasteiger partial charge on any atom is 0.0362 e. The molecule has 1 atom stereocenters. The zero-order chi connectivity index (χ0) is 12.4. The molecule has 0 bridgehead atoms. The van der Waals surface area contributed by atoms with Crippen molar-refractivity contribution in [3.05, 3.63) is 24.0 Å². The van der Waals surface area contributed by atoms with Crippen LogP contribution in [0.1, 0.15) is 38.3 Å². The molecular formula is C15H25N3. The zero-order valence-electron chi connectivity index (χ0n) is 11.4. The van der Waals surface area contributed by atoms with Crippen LogP contribution in [0.25, 0.3) is 0 Å². The number of hydrogen-bond donors (Lipinski definition) is 1. The van der Waals surface area contributed by atoms with Crippen molar-refractivity contribution in [1.29, 1.82) is 0 Å². The van der Waals surface area contributed by atoms with Gasteiger partial charge in [-0.2, -0.15) is 0 Å². The van der Waals surface area contributed by atoms with Gasteiger partial charge in [-0.15, -0.1) is 0 Å². The van der Waals surface area contributed by atoms with Gasteiger partial charge in [-0.1, -0.05) is 6.92 Å². The van der Waals surface area contributed by atoms with Crippen molar-refractivity contribution >= 4 is 0 Å². The Hall–Kier alpha value is -0.800. The maximum absolute atomic E-state index is 3.73. The summed E-state index contributed by atoms with van der Waals surface area (Å²) in [5.41, 5.74) is 1.43. The number of hydrogen-bond acceptors (Lipinski definition) is 2. The Morgan fingerprint density at radius 3 is 3.00 bits per heavy atom. The highest BCUT2D eigenvalue weighted by Gasteiger charge is 2.34. The van der Waals surface area contributed by atoms with E-state index in [0.29, 0.717) is 6.04 Å². The van der Waals surface area contributed by atoms with Gasteiger partial charge in [0.2, 0.25) is 0 Å². The summed E-state index contributed by atoms with van der Waals surface area (Å²) in [5, 5.41) is 3.73. The van der Waals surface area contributed by atoms with Crippen molar-refractivity contribution < 1.29 is 0 Å². The molecule has 1 N–H and O–H groups in total. The third-order valence-corrected chi connectivity index (χ3v) is 4.24. The smallest absolute Gasteiger partial charge is 0.0362 e. The molecule has 0 radical (unpaired) electrons. The predicted molar refractivity (Wildman–Crippen MR) is 74.6 cm³/mol. The summed E-state index contributed by atoms with van der Waals surface area (Å²) in [6.45, 7) is 6.97. The molecule has 1 saturated carbocycles. The van der Waals surface area contributed by atoms with Gasteiger partial charge in [0.1, 0.15) is 0 Å². The Balaban J connectivity index is 1.47. The van der Waals surface area contributed by atoms with Gasteiger partial charge in [0.05, 0.1) is 0 Å². The molecular weight excluding hydrogens is 222 g/mol. The van der Waals surface area contributed by atoms with Gasteiger partial charge in [0.15, 0.2) is 0 Å². The van der Waals surface area contributed by atoms with E-state index in [9.17, 15) is 0 Å².